The van der Waals surface area contributed by atoms with Crippen LogP contribution in [0, 0.1) is 5.82 Å². The number of anilines is 2. The second-order valence-electron chi connectivity index (χ2n) is 5.35. The maximum absolute atomic E-state index is 14.4. The molecule has 1 atom stereocenters. The number of nitrogens with zero attached hydrogens (tertiary/aromatic N) is 2. The molecule has 21 heavy (non-hydrogen) atoms. The first-order valence-electron chi connectivity index (χ1n) is 7.13. The van der Waals surface area contributed by atoms with Gasteiger partial charge in [-0.3, -0.25) is 4.21 Å². The molecule has 2 aliphatic heterocycles. The number of benzene rings is 1. The van der Waals surface area contributed by atoms with E-state index in [-0.39, 0.29) is 11.9 Å². The summed E-state index contributed by atoms with van der Waals surface area (Å²) in [7, 11) is -0.753. The highest BCUT2D eigenvalue weighted by Gasteiger charge is 2.24. The molecule has 2 aliphatic rings. The third kappa shape index (κ3) is 3.20. The van der Waals surface area contributed by atoms with Gasteiger partial charge in [0, 0.05) is 54.2 Å². The lowest BCUT2D eigenvalue weighted by atomic mass is 10.2. The third-order valence-corrected chi connectivity index (χ3v) is 5.24. The number of hydrogen-bond donors (Lipinski definition) is 1. The van der Waals surface area contributed by atoms with Gasteiger partial charge in [0.2, 0.25) is 0 Å². The van der Waals surface area contributed by atoms with E-state index in [9.17, 15) is 8.60 Å². The molecule has 1 aromatic rings. The van der Waals surface area contributed by atoms with Crippen molar-refractivity contribution in [1.29, 1.82) is 0 Å². The predicted molar refractivity (Wildman–Crippen MR) is 82.6 cm³/mol. The quantitative estimate of drug-likeness (QED) is 0.881. The average molecular weight is 313 g/mol. The van der Waals surface area contributed by atoms with Gasteiger partial charge < -0.3 is 20.3 Å². The molecule has 7 heteroatoms. The molecule has 0 radical (unpaired) electrons. The minimum Gasteiger partial charge on any atom is -0.367 e. The Labute approximate surface area is 126 Å². The van der Waals surface area contributed by atoms with Crippen LogP contribution in [0.2, 0.25) is 0 Å². The molecule has 0 saturated carbocycles. The number of halogens is 1. The summed E-state index contributed by atoms with van der Waals surface area (Å²) < 4.78 is 31.2. The van der Waals surface area contributed by atoms with E-state index in [2.05, 4.69) is 0 Å². The van der Waals surface area contributed by atoms with Crippen LogP contribution in [0.25, 0.3) is 0 Å². The lowest BCUT2D eigenvalue weighted by molar-refractivity contribution is 0.122. The molecule has 0 unspecified atom stereocenters. The van der Waals surface area contributed by atoms with Gasteiger partial charge in [0.25, 0.3) is 0 Å². The molecule has 0 bridgehead atoms. The van der Waals surface area contributed by atoms with Crippen molar-refractivity contribution in [2.75, 3.05) is 54.2 Å². The molecule has 1 aromatic carbocycles. The van der Waals surface area contributed by atoms with Gasteiger partial charge in [-0.25, -0.2) is 4.39 Å². The molecule has 2 heterocycles. The lowest BCUT2D eigenvalue weighted by Gasteiger charge is -2.29. The normalized spacial score (nSPS) is 23.8. The summed E-state index contributed by atoms with van der Waals surface area (Å²) in [5, 5.41) is 0. The predicted octanol–water partition coefficient (Wildman–Crippen LogP) is 0.516. The average Bonchev–Trinajstić information content (AvgIpc) is 2.97. The summed E-state index contributed by atoms with van der Waals surface area (Å²) >= 11 is 0. The van der Waals surface area contributed by atoms with Crippen molar-refractivity contribution >= 4 is 22.2 Å². The van der Waals surface area contributed by atoms with Crippen molar-refractivity contribution in [1.82, 2.24) is 0 Å². The molecule has 0 amide bonds. The minimum absolute atomic E-state index is 0.0183. The Morgan fingerprint density at radius 1 is 1.33 bits per heavy atom. The topological polar surface area (TPSA) is 58.8 Å². The van der Waals surface area contributed by atoms with Gasteiger partial charge in [-0.05, 0) is 18.2 Å². The maximum atomic E-state index is 14.4. The zero-order chi connectivity index (χ0) is 14.8. The van der Waals surface area contributed by atoms with Gasteiger partial charge in [0.05, 0.1) is 11.8 Å². The molecule has 2 saturated heterocycles. The SMILES string of the molecule is NC[C@H]1CN(c2ccc(N3CCS(=O)CC3)c(F)c2)CO1. The Hall–Kier alpha value is -1.18. The zero-order valence-electron chi connectivity index (χ0n) is 11.8. The molecule has 0 aromatic heterocycles. The van der Waals surface area contributed by atoms with Crippen LogP contribution in [0.5, 0.6) is 0 Å². The summed E-state index contributed by atoms with van der Waals surface area (Å²) in [6.45, 7) is 2.90. The van der Waals surface area contributed by atoms with E-state index in [4.69, 9.17) is 10.5 Å². The highest BCUT2D eigenvalue weighted by molar-refractivity contribution is 7.85. The standard InChI is InChI=1S/C14H20FN3O2S/c15-13-7-11(18-9-12(8-16)20-10-18)1-2-14(13)17-3-5-21(19)6-4-17/h1-2,7,12H,3-6,8-10,16H2/t12-/m0/s1. The van der Waals surface area contributed by atoms with Crippen LogP contribution in [-0.2, 0) is 15.5 Å². The third-order valence-electron chi connectivity index (χ3n) is 3.97. The Morgan fingerprint density at radius 2 is 2.10 bits per heavy atom. The fourth-order valence-electron chi connectivity index (χ4n) is 2.70. The first kappa shape index (κ1) is 14.7. The van der Waals surface area contributed by atoms with Crippen LogP contribution in [-0.4, -0.2) is 54.7 Å². The largest absolute Gasteiger partial charge is 0.367 e. The Bertz CT molecular complexity index is 533. The number of ether oxygens (including phenoxy) is 1. The first-order chi connectivity index (χ1) is 10.2. The monoisotopic (exact) mass is 313 g/mol. The summed E-state index contributed by atoms with van der Waals surface area (Å²) in [6, 6.07) is 5.25. The number of nitrogens with two attached hydrogens (primary N) is 1. The van der Waals surface area contributed by atoms with Gasteiger partial charge in [-0.15, -0.1) is 0 Å². The number of rotatable bonds is 3. The summed E-state index contributed by atoms with van der Waals surface area (Å²) in [5.41, 5.74) is 6.98. The van der Waals surface area contributed by atoms with Crippen LogP contribution in [0.15, 0.2) is 18.2 Å². The Morgan fingerprint density at radius 3 is 2.71 bits per heavy atom. The van der Waals surface area contributed by atoms with Crippen molar-refractivity contribution in [3.05, 3.63) is 24.0 Å². The fraction of sp³-hybridized carbons (Fsp3) is 0.571. The number of hydrogen-bond acceptors (Lipinski definition) is 5. The molecule has 2 fully saturated rings. The molecular weight excluding hydrogens is 293 g/mol. The Kier molecular flexibility index (Phi) is 4.42. The summed E-state index contributed by atoms with van der Waals surface area (Å²) in [6.07, 6.45) is 0.0183. The molecule has 0 spiro atoms. The van der Waals surface area contributed by atoms with Gasteiger partial charge in [-0.2, -0.15) is 0 Å². The van der Waals surface area contributed by atoms with Crippen LogP contribution in [0.3, 0.4) is 0 Å². The molecular formula is C14H20FN3O2S. The first-order valence-corrected chi connectivity index (χ1v) is 8.62. The van der Waals surface area contributed by atoms with E-state index in [1.54, 1.807) is 12.1 Å². The van der Waals surface area contributed by atoms with Crippen LogP contribution >= 0.6 is 0 Å². The van der Waals surface area contributed by atoms with Crippen molar-refractivity contribution < 1.29 is 13.3 Å². The van der Waals surface area contributed by atoms with Crippen molar-refractivity contribution in [3.63, 3.8) is 0 Å². The van der Waals surface area contributed by atoms with Crippen molar-refractivity contribution in [2.45, 2.75) is 6.10 Å². The molecule has 0 aliphatic carbocycles. The van der Waals surface area contributed by atoms with Gasteiger partial charge in [-0.1, -0.05) is 0 Å². The lowest BCUT2D eigenvalue weighted by Crippen LogP contribution is -2.38. The molecule has 3 rings (SSSR count). The second kappa shape index (κ2) is 6.29. The fourth-order valence-corrected chi connectivity index (χ4v) is 3.75. The summed E-state index contributed by atoms with van der Waals surface area (Å²) in [5.74, 6) is 0.981. The van der Waals surface area contributed by atoms with E-state index in [1.807, 2.05) is 15.9 Å². The minimum atomic E-state index is -0.753. The van der Waals surface area contributed by atoms with Gasteiger partial charge >= 0.3 is 0 Å². The molecule has 5 nitrogen and oxygen atoms in total. The summed E-state index contributed by atoms with van der Waals surface area (Å²) in [4.78, 5) is 3.94. The zero-order valence-corrected chi connectivity index (χ0v) is 12.7. The van der Waals surface area contributed by atoms with E-state index in [0.29, 0.717) is 50.1 Å². The maximum Gasteiger partial charge on any atom is 0.148 e. The van der Waals surface area contributed by atoms with Crippen LogP contribution in [0.1, 0.15) is 0 Å². The van der Waals surface area contributed by atoms with E-state index >= 15 is 0 Å². The van der Waals surface area contributed by atoms with Crippen LogP contribution in [0.4, 0.5) is 15.8 Å². The van der Waals surface area contributed by atoms with Crippen LogP contribution < -0.4 is 15.5 Å². The highest BCUT2D eigenvalue weighted by Crippen LogP contribution is 2.27. The van der Waals surface area contributed by atoms with Gasteiger partial charge in [0.1, 0.15) is 12.5 Å². The van der Waals surface area contributed by atoms with Gasteiger partial charge in [0.15, 0.2) is 0 Å². The molecule has 116 valence electrons. The van der Waals surface area contributed by atoms with E-state index in [0.717, 1.165) is 5.69 Å². The Balaban J connectivity index is 1.72. The molecule has 2 N–H and O–H groups in total. The second-order valence-corrected chi connectivity index (χ2v) is 7.04. The highest BCUT2D eigenvalue weighted by atomic mass is 32.2. The van der Waals surface area contributed by atoms with E-state index in [1.165, 1.54) is 0 Å². The smallest absolute Gasteiger partial charge is 0.148 e. The van der Waals surface area contributed by atoms with Crippen molar-refractivity contribution in [3.8, 4) is 0 Å². The van der Waals surface area contributed by atoms with E-state index < -0.39 is 10.8 Å². The van der Waals surface area contributed by atoms with Crippen molar-refractivity contribution in [2.24, 2.45) is 5.73 Å².